The zero-order valence-corrected chi connectivity index (χ0v) is 7.05. The summed E-state index contributed by atoms with van der Waals surface area (Å²) >= 11 is 0. The Hall–Kier alpha value is -1.51. The molecule has 0 unspecified atom stereocenters. The number of aryl methyl sites for hydroxylation is 2. The van der Waals surface area contributed by atoms with Crippen LogP contribution in [0.4, 0.5) is 0 Å². The van der Waals surface area contributed by atoms with Crippen LogP contribution in [0.5, 0.6) is 5.88 Å². The molecule has 0 radical (unpaired) electrons. The first-order valence-electron chi connectivity index (χ1n) is 3.83. The molecule has 0 saturated heterocycles. The minimum atomic E-state index is 0.195. The van der Waals surface area contributed by atoms with Gasteiger partial charge < -0.3 is 10.1 Å². The fraction of sp³-hybridized carbons (Fsp3) is 0.222. The third kappa shape index (κ3) is 0.942. The number of hydrogen-bond donors (Lipinski definition) is 2. The van der Waals surface area contributed by atoms with E-state index >= 15 is 0 Å². The molecule has 2 heterocycles. The Bertz CT molecular complexity index is 431. The molecule has 0 fully saturated rings. The standard InChI is InChI=1S/C9H10N2O/c1-5-3-8-7(6(2)10-5)4-9(12)11-8/h3-4,11-12H,1-2H3. The zero-order valence-electron chi connectivity index (χ0n) is 7.05. The van der Waals surface area contributed by atoms with Gasteiger partial charge >= 0.3 is 0 Å². The van der Waals surface area contributed by atoms with Crippen LogP contribution in [0, 0.1) is 13.8 Å². The average Bonchev–Trinajstić information content (AvgIpc) is 2.29. The molecule has 0 spiro atoms. The van der Waals surface area contributed by atoms with Crippen LogP contribution in [-0.2, 0) is 0 Å². The fourth-order valence-electron chi connectivity index (χ4n) is 1.43. The number of aromatic nitrogens is 2. The Kier molecular flexibility index (Phi) is 1.33. The van der Waals surface area contributed by atoms with Gasteiger partial charge in [0.1, 0.15) is 0 Å². The maximum atomic E-state index is 9.19. The highest BCUT2D eigenvalue weighted by Gasteiger charge is 2.03. The van der Waals surface area contributed by atoms with Gasteiger partial charge in [-0.1, -0.05) is 0 Å². The predicted octanol–water partition coefficient (Wildman–Crippen LogP) is 1.89. The zero-order chi connectivity index (χ0) is 8.72. The summed E-state index contributed by atoms with van der Waals surface area (Å²) in [6.07, 6.45) is 0. The van der Waals surface area contributed by atoms with Gasteiger partial charge in [-0.2, -0.15) is 0 Å². The quantitative estimate of drug-likeness (QED) is 0.621. The van der Waals surface area contributed by atoms with Crippen LogP contribution in [-0.4, -0.2) is 15.1 Å². The molecule has 62 valence electrons. The highest BCUT2D eigenvalue weighted by Crippen LogP contribution is 2.21. The van der Waals surface area contributed by atoms with Gasteiger partial charge in [0.2, 0.25) is 0 Å². The molecule has 2 N–H and O–H groups in total. The van der Waals surface area contributed by atoms with E-state index in [0.29, 0.717) is 0 Å². The number of nitrogens with one attached hydrogen (secondary N) is 1. The van der Waals surface area contributed by atoms with E-state index < -0.39 is 0 Å². The third-order valence-corrected chi connectivity index (χ3v) is 1.92. The maximum Gasteiger partial charge on any atom is 0.189 e. The van der Waals surface area contributed by atoms with E-state index in [-0.39, 0.29) is 5.88 Å². The summed E-state index contributed by atoms with van der Waals surface area (Å²) in [5.41, 5.74) is 2.85. The molecule has 0 amide bonds. The van der Waals surface area contributed by atoms with E-state index in [9.17, 15) is 5.11 Å². The van der Waals surface area contributed by atoms with Crippen molar-refractivity contribution in [3.63, 3.8) is 0 Å². The number of aromatic hydroxyl groups is 1. The lowest BCUT2D eigenvalue weighted by atomic mass is 10.2. The molecule has 2 rings (SSSR count). The van der Waals surface area contributed by atoms with Gasteiger partial charge in [0.15, 0.2) is 5.88 Å². The molecular weight excluding hydrogens is 152 g/mol. The van der Waals surface area contributed by atoms with Gasteiger partial charge in [0.25, 0.3) is 0 Å². The first kappa shape index (κ1) is 7.16. The topological polar surface area (TPSA) is 48.9 Å². The summed E-state index contributed by atoms with van der Waals surface area (Å²) in [5, 5.41) is 10.2. The summed E-state index contributed by atoms with van der Waals surface area (Å²) in [4.78, 5) is 7.14. The molecule has 2 aromatic heterocycles. The monoisotopic (exact) mass is 162 g/mol. The van der Waals surface area contributed by atoms with Gasteiger partial charge in [0.05, 0.1) is 5.52 Å². The number of rotatable bonds is 0. The van der Waals surface area contributed by atoms with Crippen LogP contribution < -0.4 is 0 Å². The SMILES string of the molecule is Cc1cc2[nH]c(O)cc2c(C)n1. The summed E-state index contributed by atoms with van der Waals surface area (Å²) < 4.78 is 0. The molecule has 0 aromatic carbocycles. The molecule has 12 heavy (non-hydrogen) atoms. The number of pyridine rings is 1. The average molecular weight is 162 g/mol. The van der Waals surface area contributed by atoms with Crippen LogP contribution >= 0.6 is 0 Å². The lowest BCUT2D eigenvalue weighted by molar-refractivity contribution is 0.458. The summed E-state index contributed by atoms with van der Waals surface area (Å²) in [5.74, 6) is 0.195. The Morgan fingerprint density at radius 3 is 2.83 bits per heavy atom. The molecule has 0 atom stereocenters. The molecule has 0 aliphatic heterocycles. The molecular formula is C9H10N2O. The molecule has 3 nitrogen and oxygen atoms in total. The van der Waals surface area contributed by atoms with E-state index in [1.165, 1.54) is 0 Å². The second-order valence-corrected chi connectivity index (χ2v) is 2.96. The van der Waals surface area contributed by atoms with Crippen LogP contribution in [0.2, 0.25) is 0 Å². The third-order valence-electron chi connectivity index (χ3n) is 1.92. The van der Waals surface area contributed by atoms with Crippen molar-refractivity contribution in [2.75, 3.05) is 0 Å². The van der Waals surface area contributed by atoms with Crippen molar-refractivity contribution in [2.45, 2.75) is 13.8 Å². The maximum absolute atomic E-state index is 9.19. The highest BCUT2D eigenvalue weighted by atomic mass is 16.3. The molecule has 2 aromatic rings. The normalized spacial score (nSPS) is 10.8. The molecule has 0 aliphatic rings. The number of nitrogens with zero attached hydrogens (tertiary/aromatic N) is 1. The largest absolute Gasteiger partial charge is 0.495 e. The number of H-pyrrole nitrogens is 1. The van der Waals surface area contributed by atoms with Gasteiger partial charge in [-0.05, 0) is 19.9 Å². The Morgan fingerprint density at radius 2 is 2.08 bits per heavy atom. The number of fused-ring (bicyclic) bond motifs is 1. The number of aromatic amines is 1. The van der Waals surface area contributed by atoms with Crippen molar-refractivity contribution in [1.82, 2.24) is 9.97 Å². The van der Waals surface area contributed by atoms with Crippen molar-refractivity contribution in [2.24, 2.45) is 0 Å². The Morgan fingerprint density at radius 1 is 1.33 bits per heavy atom. The minimum Gasteiger partial charge on any atom is -0.495 e. The lowest BCUT2D eigenvalue weighted by Gasteiger charge is -1.96. The summed E-state index contributed by atoms with van der Waals surface area (Å²) in [7, 11) is 0. The van der Waals surface area contributed by atoms with Crippen molar-refractivity contribution in [3.05, 3.63) is 23.5 Å². The lowest BCUT2D eigenvalue weighted by Crippen LogP contribution is -1.85. The van der Waals surface area contributed by atoms with Crippen molar-refractivity contribution in [3.8, 4) is 5.88 Å². The van der Waals surface area contributed by atoms with Crippen molar-refractivity contribution < 1.29 is 5.11 Å². The van der Waals surface area contributed by atoms with Gasteiger partial charge in [0, 0.05) is 22.8 Å². The smallest absolute Gasteiger partial charge is 0.189 e. The van der Waals surface area contributed by atoms with Crippen molar-refractivity contribution in [1.29, 1.82) is 0 Å². The van der Waals surface area contributed by atoms with Gasteiger partial charge in [-0.25, -0.2) is 0 Å². The second kappa shape index (κ2) is 2.24. The molecule has 0 aliphatic carbocycles. The van der Waals surface area contributed by atoms with E-state index in [4.69, 9.17) is 0 Å². The Balaban J connectivity index is 2.88. The number of hydrogen-bond acceptors (Lipinski definition) is 2. The van der Waals surface area contributed by atoms with Crippen molar-refractivity contribution >= 4 is 10.9 Å². The van der Waals surface area contributed by atoms with Crippen LogP contribution in [0.1, 0.15) is 11.4 Å². The second-order valence-electron chi connectivity index (χ2n) is 2.96. The molecule has 0 saturated carbocycles. The first-order valence-corrected chi connectivity index (χ1v) is 3.83. The minimum absolute atomic E-state index is 0.195. The fourth-order valence-corrected chi connectivity index (χ4v) is 1.43. The first-order chi connectivity index (χ1) is 5.66. The van der Waals surface area contributed by atoms with E-state index in [1.807, 2.05) is 19.9 Å². The highest BCUT2D eigenvalue weighted by molar-refractivity contribution is 5.83. The summed E-state index contributed by atoms with van der Waals surface area (Å²) in [6, 6.07) is 3.61. The molecule has 0 bridgehead atoms. The van der Waals surface area contributed by atoms with Crippen LogP contribution in [0.15, 0.2) is 12.1 Å². The van der Waals surface area contributed by atoms with Gasteiger partial charge in [-0.3, -0.25) is 4.98 Å². The van der Waals surface area contributed by atoms with E-state index in [2.05, 4.69) is 9.97 Å². The predicted molar refractivity (Wildman–Crippen MR) is 47.2 cm³/mol. The summed E-state index contributed by atoms with van der Waals surface area (Å²) in [6.45, 7) is 3.87. The van der Waals surface area contributed by atoms with E-state index in [0.717, 1.165) is 22.3 Å². The van der Waals surface area contributed by atoms with Crippen LogP contribution in [0.25, 0.3) is 10.9 Å². The van der Waals surface area contributed by atoms with E-state index in [1.54, 1.807) is 6.07 Å². The molecule has 3 heteroatoms. The van der Waals surface area contributed by atoms with Gasteiger partial charge in [-0.15, -0.1) is 0 Å². The Labute approximate surface area is 70.1 Å². The van der Waals surface area contributed by atoms with Crippen LogP contribution in [0.3, 0.4) is 0 Å².